The summed E-state index contributed by atoms with van der Waals surface area (Å²) in [5, 5.41) is 2.97. The Hall–Kier alpha value is -1.97. The first kappa shape index (κ1) is 13.0. The van der Waals surface area contributed by atoms with Crippen molar-refractivity contribution in [1.82, 2.24) is 0 Å². The highest BCUT2D eigenvalue weighted by Crippen LogP contribution is 2.32. The van der Waals surface area contributed by atoms with E-state index in [0.29, 0.717) is 19.0 Å². The van der Waals surface area contributed by atoms with Crippen molar-refractivity contribution in [3.63, 3.8) is 0 Å². The molecule has 0 radical (unpaired) electrons. The lowest BCUT2D eigenvalue weighted by atomic mass is 9.93. The standard InChI is InChI=1S/C16H19NO3/c18-16(12-5-2-1-3-6-12)17-13-7-8-14-15(11-13)20-10-4-9-19-14/h1-2,7-8,11-12H,3-6,9-10H2,(H,17,18)/t12-/m0/s1. The number of anilines is 1. The van der Waals surface area contributed by atoms with Gasteiger partial charge >= 0.3 is 0 Å². The van der Waals surface area contributed by atoms with E-state index >= 15 is 0 Å². The van der Waals surface area contributed by atoms with E-state index in [1.807, 2.05) is 18.2 Å². The van der Waals surface area contributed by atoms with Crippen molar-refractivity contribution in [2.24, 2.45) is 5.92 Å². The summed E-state index contributed by atoms with van der Waals surface area (Å²) in [5.74, 6) is 1.63. The fourth-order valence-electron chi connectivity index (χ4n) is 2.52. The first-order valence-electron chi connectivity index (χ1n) is 7.18. The van der Waals surface area contributed by atoms with Crippen molar-refractivity contribution in [2.45, 2.75) is 25.7 Å². The second kappa shape index (κ2) is 5.99. The molecule has 20 heavy (non-hydrogen) atoms. The summed E-state index contributed by atoms with van der Waals surface area (Å²) in [7, 11) is 0. The smallest absolute Gasteiger partial charge is 0.227 e. The number of carbonyl (C=O) groups is 1. The van der Waals surface area contributed by atoms with Gasteiger partial charge in [-0.1, -0.05) is 12.2 Å². The van der Waals surface area contributed by atoms with Crippen LogP contribution in [0, 0.1) is 5.92 Å². The lowest BCUT2D eigenvalue weighted by Gasteiger charge is -2.17. The van der Waals surface area contributed by atoms with Gasteiger partial charge in [0.1, 0.15) is 0 Å². The quantitative estimate of drug-likeness (QED) is 0.842. The summed E-state index contributed by atoms with van der Waals surface area (Å²) < 4.78 is 11.2. The van der Waals surface area contributed by atoms with E-state index in [1.54, 1.807) is 0 Å². The number of hydrogen-bond donors (Lipinski definition) is 1. The van der Waals surface area contributed by atoms with Crippen molar-refractivity contribution in [1.29, 1.82) is 0 Å². The molecule has 2 aliphatic rings. The van der Waals surface area contributed by atoms with Crippen molar-refractivity contribution >= 4 is 11.6 Å². The molecular formula is C16H19NO3. The van der Waals surface area contributed by atoms with Gasteiger partial charge in [-0.15, -0.1) is 0 Å². The second-order valence-corrected chi connectivity index (χ2v) is 5.18. The Morgan fingerprint density at radius 2 is 2.00 bits per heavy atom. The maximum Gasteiger partial charge on any atom is 0.227 e. The molecule has 1 aromatic carbocycles. The van der Waals surface area contributed by atoms with Gasteiger partial charge < -0.3 is 14.8 Å². The topological polar surface area (TPSA) is 47.6 Å². The number of nitrogens with one attached hydrogen (secondary N) is 1. The van der Waals surface area contributed by atoms with E-state index in [-0.39, 0.29) is 11.8 Å². The Morgan fingerprint density at radius 3 is 2.80 bits per heavy atom. The highest BCUT2D eigenvalue weighted by atomic mass is 16.5. The van der Waals surface area contributed by atoms with Gasteiger partial charge in [0.2, 0.25) is 5.91 Å². The van der Waals surface area contributed by atoms with Gasteiger partial charge in [0.25, 0.3) is 0 Å². The van der Waals surface area contributed by atoms with E-state index < -0.39 is 0 Å². The fourth-order valence-corrected chi connectivity index (χ4v) is 2.52. The van der Waals surface area contributed by atoms with Crippen molar-refractivity contribution < 1.29 is 14.3 Å². The molecule has 1 N–H and O–H groups in total. The number of benzene rings is 1. The summed E-state index contributed by atoms with van der Waals surface area (Å²) in [5.41, 5.74) is 0.772. The molecule has 1 aromatic rings. The van der Waals surface area contributed by atoms with E-state index in [9.17, 15) is 4.79 Å². The lowest BCUT2D eigenvalue weighted by molar-refractivity contribution is -0.120. The van der Waals surface area contributed by atoms with Crippen molar-refractivity contribution in [2.75, 3.05) is 18.5 Å². The largest absolute Gasteiger partial charge is 0.490 e. The van der Waals surface area contributed by atoms with Crippen molar-refractivity contribution in [3.8, 4) is 11.5 Å². The van der Waals surface area contributed by atoms with Crippen LogP contribution >= 0.6 is 0 Å². The summed E-state index contributed by atoms with van der Waals surface area (Å²) >= 11 is 0. The Balaban J connectivity index is 1.69. The molecule has 0 fully saturated rings. The number of amides is 1. The van der Waals surface area contributed by atoms with Crippen LogP contribution in [0.3, 0.4) is 0 Å². The highest BCUT2D eigenvalue weighted by molar-refractivity contribution is 5.93. The second-order valence-electron chi connectivity index (χ2n) is 5.18. The molecule has 1 aliphatic heterocycles. The monoisotopic (exact) mass is 273 g/mol. The van der Waals surface area contributed by atoms with Crippen LogP contribution in [0.5, 0.6) is 11.5 Å². The highest BCUT2D eigenvalue weighted by Gasteiger charge is 2.19. The Bertz CT molecular complexity index is 524. The molecular weight excluding hydrogens is 254 g/mol. The molecule has 0 saturated carbocycles. The number of rotatable bonds is 2. The van der Waals surface area contributed by atoms with Crippen LogP contribution < -0.4 is 14.8 Å². The zero-order chi connectivity index (χ0) is 13.8. The number of fused-ring (bicyclic) bond motifs is 1. The van der Waals surface area contributed by atoms with Crippen LogP contribution in [-0.2, 0) is 4.79 Å². The molecule has 4 heteroatoms. The number of allylic oxidation sites excluding steroid dienone is 2. The van der Waals surface area contributed by atoms with Crippen molar-refractivity contribution in [3.05, 3.63) is 30.4 Å². The van der Waals surface area contributed by atoms with Crippen LogP contribution in [0.4, 0.5) is 5.69 Å². The Kier molecular flexibility index (Phi) is 3.90. The third kappa shape index (κ3) is 2.95. The minimum Gasteiger partial charge on any atom is -0.490 e. The zero-order valence-corrected chi connectivity index (χ0v) is 11.4. The van der Waals surface area contributed by atoms with Gasteiger partial charge in [0.15, 0.2) is 11.5 Å². The Morgan fingerprint density at radius 1 is 1.15 bits per heavy atom. The molecule has 1 heterocycles. The van der Waals surface area contributed by atoms with E-state index in [2.05, 4.69) is 17.5 Å². The number of carbonyl (C=O) groups excluding carboxylic acids is 1. The summed E-state index contributed by atoms with van der Waals surface area (Å²) in [6, 6.07) is 5.57. The molecule has 1 amide bonds. The zero-order valence-electron chi connectivity index (χ0n) is 11.4. The van der Waals surface area contributed by atoms with E-state index in [0.717, 1.165) is 37.1 Å². The SMILES string of the molecule is O=C(Nc1ccc2c(c1)OCCCO2)[C@H]1CC=CCC1. The molecule has 0 spiro atoms. The molecule has 0 aromatic heterocycles. The average Bonchev–Trinajstić information content (AvgIpc) is 2.73. The van der Waals surface area contributed by atoms with E-state index in [4.69, 9.17) is 9.47 Å². The minimum atomic E-state index is 0.0796. The average molecular weight is 273 g/mol. The van der Waals surface area contributed by atoms with Crippen LogP contribution in [0.15, 0.2) is 30.4 Å². The molecule has 0 unspecified atom stereocenters. The van der Waals surface area contributed by atoms with Gasteiger partial charge in [0, 0.05) is 24.1 Å². The first-order valence-corrected chi connectivity index (χ1v) is 7.18. The van der Waals surface area contributed by atoms with Gasteiger partial charge in [-0.25, -0.2) is 0 Å². The molecule has 0 bridgehead atoms. The molecule has 0 saturated heterocycles. The van der Waals surface area contributed by atoms with Crippen LogP contribution in [0.2, 0.25) is 0 Å². The van der Waals surface area contributed by atoms with E-state index in [1.165, 1.54) is 0 Å². The fraction of sp³-hybridized carbons (Fsp3) is 0.438. The van der Waals surface area contributed by atoms with Gasteiger partial charge in [-0.05, 0) is 31.4 Å². The maximum atomic E-state index is 12.2. The number of hydrogen-bond acceptors (Lipinski definition) is 3. The Labute approximate surface area is 118 Å². The van der Waals surface area contributed by atoms with Crippen LogP contribution in [0.1, 0.15) is 25.7 Å². The molecule has 1 aliphatic carbocycles. The summed E-state index contributed by atoms with van der Waals surface area (Å²) in [6.07, 6.45) is 7.84. The molecule has 1 atom stereocenters. The predicted molar refractivity (Wildman–Crippen MR) is 77.2 cm³/mol. The third-order valence-corrected chi connectivity index (χ3v) is 3.65. The third-order valence-electron chi connectivity index (χ3n) is 3.65. The summed E-state index contributed by atoms with van der Waals surface area (Å²) in [4.78, 5) is 12.2. The van der Waals surface area contributed by atoms with Crippen LogP contribution in [0.25, 0.3) is 0 Å². The first-order chi connectivity index (χ1) is 9.83. The normalized spacial score (nSPS) is 21.1. The summed E-state index contributed by atoms with van der Waals surface area (Å²) in [6.45, 7) is 1.32. The van der Waals surface area contributed by atoms with Gasteiger partial charge in [0.05, 0.1) is 13.2 Å². The maximum absolute atomic E-state index is 12.2. The lowest BCUT2D eigenvalue weighted by Crippen LogP contribution is -2.23. The molecule has 106 valence electrons. The minimum absolute atomic E-state index is 0.0796. The van der Waals surface area contributed by atoms with Gasteiger partial charge in [-0.3, -0.25) is 4.79 Å². The molecule has 4 nitrogen and oxygen atoms in total. The van der Waals surface area contributed by atoms with Gasteiger partial charge in [-0.2, -0.15) is 0 Å². The molecule has 3 rings (SSSR count). The van der Waals surface area contributed by atoms with Crippen LogP contribution in [-0.4, -0.2) is 19.1 Å². The predicted octanol–water partition coefficient (Wildman–Crippen LogP) is 3.14. The number of ether oxygens (including phenoxy) is 2.